The summed E-state index contributed by atoms with van der Waals surface area (Å²) in [6, 6.07) is 5.47. The summed E-state index contributed by atoms with van der Waals surface area (Å²) in [4.78, 5) is 14.2. The van der Waals surface area contributed by atoms with Gasteiger partial charge < -0.3 is 10.6 Å². The zero-order valence-corrected chi connectivity index (χ0v) is 10.9. The SMILES string of the molecule is CC1CC(C)N(C(=O)c2cccc(Cl)c2N)C1. The normalized spacial score (nSPS) is 24.1. The maximum Gasteiger partial charge on any atom is 0.256 e. The third-order valence-electron chi connectivity index (χ3n) is 3.33. The Kier molecular flexibility index (Phi) is 3.29. The summed E-state index contributed by atoms with van der Waals surface area (Å²) in [5.41, 5.74) is 6.74. The number of halogens is 1. The van der Waals surface area contributed by atoms with Gasteiger partial charge in [-0.25, -0.2) is 0 Å². The van der Waals surface area contributed by atoms with E-state index in [9.17, 15) is 4.79 Å². The minimum Gasteiger partial charge on any atom is -0.397 e. The zero-order chi connectivity index (χ0) is 12.6. The minimum atomic E-state index is -0.0122. The van der Waals surface area contributed by atoms with Crippen molar-refractivity contribution in [2.45, 2.75) is 26.3 Å². The van der Waals surface area contributed by atoms with Gasteiger partial charge in [0.1, 0.15) is 0 Å². The predicted molar refractivity (Wildman–Crippen MR) is 70.1 cm³/mol. The third kappa shape index (κ3) is 2.25. The molecule has 1 fully saturated rings. The summed E-state index contributed by atoms with van der Waals surface area (Å²) >= 11 is 5.93. The van der Waals surface area contributed by atoms with Crippen molar-refractivity contribution in [2.24, 2.45) is 5.92 Å². The molecular weight excluding hydrogens is 236 g/mol. The number of hydrogen-bond donors (Lipinski definition) is 1. The Morgan fingerprint density at radius 3 is 2.76 bits per heavy atom. The number of nitrogens with zero attached hydrogens (tertiary/aromatic N) is 1. The first-order valence-electron chi connectivity index (χ1n) is 5.85. The van der Waals surface area contributed by atoms with E-state index in [-0.39, 0.29) is 11.9 Å². The fourth-order valence-electron chi connectivity index (χ4n) is 2.46. The van der Waals surface area contributed by atoms with Gasteiger partial charge in [0.2, 0.25) is 0 Å². The molecule has 0 aliphatic carbocycles. The summed E-state index contributed by atoms with van der Waals surface area (Å²) in [6.07, 6.45) is 1.05. The lowest BCUT2D eigenvalue weighted by Gasteiger charge is -2.22. The van der Waals surface area contributed by atoms with E-state index in [1.807, 2.05) is 4.90 Å². The van der Waals surface area contributed by atoms with Gasteiger partial charge in [0.15, 0.2) is 0 Å². The van der Waals surface area contributed by atoms with Crippen molar-refractivity contribution in [2.75, 3.05) is 12.3 Å². The quantitative estimate of drug-likeness (QED) is 0.782. The molecule has 17 heavy (non-hydrogen) atoms. The summed E-state index contributed by atoms with van der Waals surface area (Å²) in [5.74, 6) is 0.538. The van der Waals surface area contributed by atoms with E-state index in [0.717, 1.165) is 13.0 Å². The summed E-state index contributed by atoms with van der Waals surface area (Å²) < 4.78 is 0. The van der Waals surface area contributed by atoms with Gasteiger partial charge in [-0.2, -0.15) is 0 Å². The molecule has 92 valence electrons. The second kappa shape index (κ2) is 4.57. The van der Waals surface area contributed by atoms with Gasteiger partial charge in [-0.05, 0) is 31.4 Å². The van der Waals surface area contributed by atoms with Gasteiger partial charge in [0, 0.05) is 12.6 Å². The number of para-hydroxylation sites is 1. The Balaban J connectivity index is 2.29. The van der Waals surface area contributed by atoms with Gasteiger partial charge in [-0.1, -0.05) is 24.6 Å². The number of nitrogens with two attached hydrogens (primary N) is 1. The molecule has 2 unspecified atom stereocenters. The highest BCUT2D eigenvalue weighted by Crippen LogP contribution is 2.28. The van der Waals surface area contributed by atoms with E-state index in [1.165, 1.54) is 0 Å². The number of carbonyl (C=O) groups is 1. The Labute approximate surface area is 107 Å². The van der Waals surface area contributed by atoms with E-state index >= 15 is 0 Å². The highest BCUT2D eigenvalue weighted by Gasteiger charge is 2.31. The van der Waals surface area contributed by atoms with Crippen molar-refractivity contribution in [1.82, 2.24) is 4.90 Å². The second-order valence-corrected chi connectivity index (χ2v) is 5.26. The Morgan fingerprint density at radius 1 is 1.47 bits per heavy atom. The van der Waals surface area contributed by atoms with E-state index in [0.29, 0.717) is 22.2 Å². The number of hydrogen-bond acceptors (Lipinski definition) is 2. The second-order valence-electron chi connectivity index (χ2n) is 4.85. The van der Waals surface area contributed by atoms with Crippen LogP contribution in [0.3, 0.4) is 0 Å². The molecule has 1 heterocycles. The molecule has 1 aliphatic rings. The van der Waals surface area contributed by atoms with Crippen molar-refractivity contribution >= 4 is 23.2 Å². The molecule has 3 nitrogen and oxygen atoms in total. The molecule has 1 aliphatic heterocycles. The monoisotopic (exact) mass is 252 g/mol. The molecule has 1 aromatic rings. The lowest BCUT2D eigenvalue weighted by molar-refractivity contribution is 0.0745. The summed E-state index contributed by atoms with van der Waals surface area (Å²) in [7, 11) is 0. The highest BCUT2D eigenvalue weighted by atomic mass is 35.5. The van der Waals surface area contributed by atoms with Crippen molar-refractivity contribution in [3.8, 4) is 0 Å². The van der Waals surface area contributed by atoms with Crippen LogP contribution < -0.4 is 5.73 Å². The molecule has 0 bridgehead atoms. The maximum atomic E-state index is 12.4. The lowest BCUT2D eigenvalue weighted by atomic mass is 10.1. The van der Waals surface area contributed by atoms with Crippen LogP contribution in [0.2, 0.25) is 5.02 Å². The molecule has 1 saturated heterocycles. The summed E-state index contributed by atoms with van der Waals surface area (Å²) in [6.45, 7) is 5.03. The van der Waals surface area contributed by atoms with Gasteiger partial charge >= 0.3 is 0 Å². The highest BCUT2D eigenvalue weighted by molar-refractivity contribution is 6.33. The van der Waals surface area contributed by atoms with Crippen molar-refractivity contribution in [3.05, 3.63) is 28.8 Å². The molecule has 0 radical (unpaired) electrons. The van der Waals surface area contributed by atoms with Crippen LogP contribution in [-0.4, -0.2) is 23.4 Å². The van der Waals surface area contributed by atoms with E-state index in [4.69, 9.17) is 17.3 Å². The van der Waals surface area contributed by atoms with Crippen LogP contribution in [-0.2, 0) is 0 Å². The molecule has 0 aromatic heterocycles. The average Bonchev–Trinajstić information content (AvgIpc) is 2.61. The number of likely N-dealkylation sites (tertiary alicyclic amines) is 1. The number of amides is 1. The zero-order valence-electron chi connectivity index (χ0n) is 10.1. The average molecular weight is 253 g/mol. The molecule has 2 N–H and O–H groups in total. The molecule has 0 spiro atoms. The van der Waals surface area contributed by atoms with Crippen molar-refractivity contribution < 1.29 is 4.79 Å². The van der Waals surface area contributed by atoms with Crippen LogP contribution >= 0.6 is 11.6 Å². The molecule has 2 atom stereocenters. The predicted octanol–water partition coefficient (Wildman–Crippen LogP) is 2.79. The number of benzene rings is 1. The van der Waals surface area contributed by atoms with Crippen LogP contribution in [0.5, 0.6) is 0 Å². The largest absolute Gasteiger partial charge is 0.397 e. The molecule has 1 aromatic carbocycles. The van der Waals surface area contributed by atoms with E-state index in [2.05, 4.69) is 13.8 Å². The third-order valence-corrected chi connectivity index (χ3v) is 3.66. The Bertz CT molecular complexity index is 447. The Hall–Kier alpha value is -1.22. The van der Waals surface area contributed by atoms with Crippen LogP contribution in [0, 0.1) is 5.92 Å². The van der Waals surface area contributed by atoms with Gasteiger partial charge in [-0.3, -0.25) is 4.79 Å². The maximum absolute atomic E-state index is 12.4. The van der Waals surface area contributed by atoms with Crippen LogP contribution in [0.25, 0.3) is 0 Å². The van der Waals surface area contributed by atoms with E-state index < -0.39 is 0 Å². The number of anilines is 1. The molecule has 1 amide bonds. The fourth-order valence-corrected chi connectivity index (χ4v) is 2.64. The van der Waals surface area contributed by atoms with Gasteiger partial charge in [0.05, 0.1) is 16.3 Å². The lowest BCUT2D eigenvalue weighted by Crippen LogP contribution is -2.34. The first kappa shape index (κ1) is 12.2. The summed E-state index contributed by atoms with van der Waals surface area (Å²) in [5, 5.41) is 0.441. The van der Waals surface area contributed by atoms with Crippen LogP contribution in [0.1, 0.15) is 30.6 Å². The van der Waals surface area contributed by atoms with E-state index in [1.54, 1.807) is 18.2 Å². The number of carbonyl (C=O) groups excluding carboxylic acids is 1. The minimum absolute atomic E-state index is 0.0122. The van der Waals surface area contributed by atoms with Crippen LogP contribution in [0.15, 0.2) is 18.2 Å². The Morgan fingerprint density at radius 2 is 2.18 bits per heavy atom. The molecule has 4 heteroatoms. The van der Waals surface area contributed by atoms with Gasteiger partial charge in [-0.15, -0.1) is 0 Å². The van der Waals surface area contributed by atoms with Crippen molar-refractivity contribution in [3.63, 3.8) is 0 Å². The molecule has 0 saturated carbocycles. The fraction of sp³-hybridized carbons (Fsp3) is 0.462. The number of nitrogen functional groups attached to an aromatic ring is 1. The van der Waals surface area contributed by atoms with Crippen LogP contribution in [0.4, 0.5) is 5.69 Å². The molecule has 2 rings (SSSR count). The standard InChI is InChI=1S/C13H17ClN2O/c1-8-6-9(2)16(7-8)13(17)10-4-3-5-11(14)12(10)15/h3-5,8-9H,6-7,15H2,1-2H3. The topological polar surface area (TPSA) is 46.3 Å². The first-order valence-corrected chi connectivity index (χ1v) is 6.23. The smallest absolute Gasteiger partial charge is 0.256 e. The first-order chi connectivity index (χ1) is 8.00. The number of rotatable bonds is 1. The van der Waals surface area contributed by atoms with Crippen molar-refractivity contribution in [1.29, 1.82) is 0 Å². The van der Waals surface area contributed by atoms with Gasteiger partial charge in [0.25, 0.3) is 5.91 Å². The molecular formula is C13H17ClN2O.